The molecule has 0 bridgehead atoms. The Bertz CT molecular complexity index is 1170. The minimum absolute atomic E-state index is 0.0889. The van der Waals surface area contributed by atoms with Crippen molar-refractivity contribution in [3.63, 3.8) is 0 Å². The SMILES string of the molecule is COC(=O)C1=C(Nc2cccc(-c3ccnc4cc(C)nn34)c2)C(=O)N(CCO)C1. The average molecular weight is 407 g/mol. The number of hydrogen-bond acceptors (Lipinski definition) is 7. The normalized spacial score (nSPS) is 14.0. The molecule has 2 aromatic heterocycles. The van der Waals surface area contributed by atoms with Gasteiger partial charge < -0.3 is 20.1 Å². The zero-order chi connectivity index (χ0) is 21.3. The van der Waals surface area contributed by atoms with Gasteiger partial charge in [0.05, 0.1) is 37.2 Å². The zero-order valence-electron chi connectivity index (χ0n) is 16.6. The van der Waals surface area contributed by atoms with Crippen molar-refractivity contribution in [3.05, 3.63) is 59.6 Å². The Hall–Kier alpha value is -3.72. The minimum Gasteiger partial charge on any atom is -0.466 e. The number of ether oxygens (including phenoxy) is 1. The largest absolute Gasteiger partial charge is 0.466 e. The van der Waals surface area contributed by atoms with Gasteiger partial charge in [0, 0.05) is 30.1 Å². The third-order valence-electron chi connectivity index (χ3n) is 4.86. The number of hydrogen-bond donors (Lipinski definition) is 2. The third kappa shape index (κ3) is 3.50. The lowest BCUT2D eigenvalue weighted by Gasteiger charge is -2.15. The van der Waals surface area contributed by atoms with E-state index in [1.165, 1.54) is 12.0 Å². The van der Waals surface area contributed by atoms with E-state index < -0.39 is 5.97 Å². The van der Waals surface area contributed by atoms with Crippen LogP contribution in [0.15, 0.2) is 53.9 Å². The number of nitrogens with one attached hydrogen (secondary N) is 1. The summed E-state index contributed by atoms with van der Waals surface area (Å²) in [5, 5.41) is 16.7. The summed E-state index contributed by atoms with van der Waals surface area (Å²) in [6.45, 7) is 1.94. The van der Waals surface area contributed by atoms with E-state index in [4.69, 9.17) is 4.74 Å². The Balaban J connectivity index is 1.70. The number of fused-ring (bicyclic) bond motifs is 1. The first-order valence-corrected chi connectivity index (χ1v) is 9.42. The Labute approximate surface area is 172 Å². The molecule has 0 saturated heterocycles. The van der Waals surface area contributed by atoms with E-state index in [9.17, 15) is 14.7 Å². The van der Waals surface area contributed by atoms with Crippen molar-refractivity contribution in [2.24, 2.45) is 0 Å². The molecular formula is C21H21N5O4. The molecule has 0 saturated carbocycles. The number of methoxy groups -OCH3 is 1. The van der Waals surface area contributed by atoms with Gasteiger partial charge in [0.15, 0.2) is 5.65 Å². The second-order valence-corrected chi connectivity index (χ2v) is 6.89. The molecule has 9 nitrogen and oxygen atoms in total. The molecule has 0 atom stereocenters. The molecule has 3 aromatic rings. The second-order valence-electron chi connectivity index (χ2n) is 6.89. The number of aliphatic hydroxyl groups excluding tert-OH is 1. The quantitative estimate of drug-likeness (QED) is 0.594. The fourth-order valence-electron chi connectivity index (χ4n) is 3.48. The predicted molar refractivity (Wildman–Crippen MR) is 109 cm³/mol. The first kappa shape index (κ1) is 19.6. The van der Waals surface area contributed by atoms with Crippen LogP contribution in [0.5, 0.6) is 0 Å². The maximum Gasteiger partial charge on any atom is 0.337 e. The molecule has 1 aromatic carbocycles. The number of esters is 1. The standard InChI is InChI=1S/C21H21N5O4/c1-13-10-18-22-7-6-17(26(18)24-13)14-4-3-5-15(11-14)23-19-16(21(29)30-2)12-25(8-9-27)20(19)28/h3-7,10-11,23,27H,8-9,12H2,1-2H3. The maximum atomic E-state index is 12.7. The molecule has 0 radical (unpaired) electrons. The molecule has 4 rings (SSSR count). The Kier molecular flexibility index (Phi) is 5.20. The van der Waals surface area contributed by atoms with Gasteiger partial charge in [-0.05, 0) is 25.1 Å². The lowest BCUT2D eigenvalue weighted by Crippen LogP contribution is -2.31. The van der Waals surface area contributed by atoms with Crippen LogP contribution in [-0.2, 0) is 14.3 Å². The molecule has 1 aliphatic heterocycles. The molecule has 0 unspecified atom stereocenters. The number of β-amino-alcohol motifs (C(OH)–C–C–N with tert-alkyl or cyclic N) is 1. The van der Waals surface area contributed by atoms with Gasteiger partial charge in [-0.25, -0.2) is 14.3 Å². The minimum atomic E-state index is -0.578. The maximum absolute atomic E-state index is 12.7. The van der Waals surface area contributed by atoms with Crippen molar-refractivity contribution < 1.29 is 19.4 Å². The molecule has 1 aliphatic rings. The number of carbonyl (C=O) groups is 2. The van der Waals surface area contributed by atoms with E-state index in [0.717, 1.165) is 22.6 Å². The molecular weight excluding hydrogens is 386 g/mol. The second kappa shape index (κ2) is 7.96. The summed E-state index contributed by atoms with van der Waals surface area (Å²) in [4.78, 5) is 30.6. The van der Waals surface area contributed by atoms with Gasteiger partial charge in [-0.15, -0.1) is 0 Å². The van der Waals surface area contributed by atoms with Gasteiger partial charge in [-0.2, -0.15) is 5.10 Å². The van der Waals surface area contributed by atoms with Crippen molar-refractivity contribution in [1.29, 1.82) is 0 Å². The van der Waals surface area contributed by atoms with E-state index in [0.29, 0.717) is 5.69 Å². The van der Waals surface area contributed by atoms with E-state index in [1.54, 1.807) is 16.8 Å². The summed E-state index contributed by atoms with van der Waals surface area (Å²) in [6.07, 6.45) is 1.72. The summed E-state index contributed by atoms with van der Waals surface area (Å²) in [5.74, 6) is -0.936. The van der Waals surface area contributed by atoms with Crippen LogP contribution in [-0.4, -0.2) is 63.3 Å². The van der Waals surface area contributed by atoms with E-state index >= 15 is 0 Å². The van der Waals surface area contributed by atoms with Crippen molar-refractivity contribution in [2.75, 3.05) is 32.1 Å². The van der Waals surface area contributed by atoms with Crippen LogP contribution in [0.2, 0.25) is 0 Å². The van der Waals surface area contributed by atoms with E-state index in [2.05, 4.69) is 15.4 Å². The number of aliphatic hydroxyl groups is 1. The average Bonchev–Trinajstić information content (AvgIpc) is 3.27. The van der Waals surface area contributed by atoms with Crippen molar-refractivity contribution >= 4 is 23.2 Å². The van der Waals surface area contributed by atoms with Crippen LogP contribution in [0.4, 0.5) is 5.69 Å². The van der Waals surface area contributed by atoms with Crippen LogP contribution >= 0.6 is 0 Å². The lowest BCUT2D eigenvalue weighted by molar-refractivity contribution is -0.136. The molecule has 30 heavy (non-hydrogen) atoms. The van der Waals surface area contributed by atoms with Gasteiger partial charge in [0.2, 0.25) is 0 Å². The smallest absolute Gasteiger partial charge is 0.337 e. The number of anilines is 1. The molecule has 2 N–H and O–H groups in total. The topological polar surface area (TPSA) is 109 Å². The molecule has 9 heteroatoms. The van der Waals surface area contributed by atoms with Gasteiger partial charge >= 0.3 is 5.97 Å². The molecule has 0 fully saturated rings. The summed E-state index contributed by atoms with van der Waals surface area (Å²) in [6, 6.07) is 11.2. The number of rotatable bonds is 6. The van der Waals surface area contributed by atoms with Crippen molar-refractivity contribution in [1.82, 2.24) is 19.5 Å². The van der Waals surface area contributed by atoms with Crippen LogP contribution in [0.25, 0.3) is 16.9 Å². The number of benzene rings is 1. The number of aryl methyl sites for hydroxylation is 1. The number of amides is 1. The van der Waals surface area contributed by atoms with Gasteiger partial charge in [-0.1, -0.05) is 12.1 Å². The number of aromatic nitrogens is 3. The summed E-state index contributed by atoms with van der Waals surface area (Å²) >= 11 is 0. The first-order chi connectivity index (χ1) is 14.5. The molecule has 154 valence electrons. The fourth-order valence-corrected chi connectivity index (χ4v) is 3.48. The third-order valence-corrected chi connectivity index (χ3v) is 4.86. The van der Waals surface area contributed by atoms with Crippen LogP contribution < -0.4 is 5.32 Å². The Morgan fingerprint density at radius 2 is 2.13 bits per heavy atom. The highest BCUT2D eigenvalue weighted by Gasteiger charge is 2.34. The van der Waals surface area contributed by atoms with Gasteiger partial charge in [0.1, 0.15) is 5.70 Å². The highest BCUT2D eigenvalue weighted by atomic mass is 16.5. The van der Waals surface area contributed by atoms with Gasteiger partial charge in [0.25, 0.3) is 5.91 Å². The lowest BCUT2D eigenvalue weighted by atomic mass is 10.1. The Morgan fingerprint density at radius 3 is 2.90 bits per heavy atom. The monoisotopic (exact) mass is 407 g/mol. The molecule has 0 spiro atoms. The summed E-state index contributed by atoms with van der Waals surface area (Å²) < 4.78 is 6.58. The van der Waals surface area contributed by atoms with Crippen molar-refractivity contribution in [3.8, 4) is 11.3 Å². The fraction of sp³-hybridized carbons (Fsp3) is 0.238. The van der Waals surface area contributed by atoms with E-state index in [-0.39, 0.29) is 36.9 Å². The highest BCUT2D eigenvalue weighted by molar-refractivity contribution is 6.08. The number of carbonyl (C=O) groups excluding carboxylic acids is 2. The Morgan fingerprint density at radius 1 is 1.30 bits per heavy atom. The van der Waals surface area contributed by atoms with Crippen LogP contribution in [0.1, 0.15) is 5.69 Å². The molecule has 0 aliphatic carbocycles. The molecule has 1 amide bonds. The zero-order valence-corrected chi connectivity index (χ0v) is 16.6. The highest BCUT2D eigenvalue weighted by Crippen LogP contribution is 2.27. The van der Waals surface area contributed by atoms with Crippen LogP contribution in [0.3, 0.4) is 0 Å². The van der Waals surface area contributed by atoms with E-state index in [1.807, 2.05) is 37.3 Å². The number of nitrogens with zero attached hydrogens (tertiary/aromatic N) is 4. The van der Waals surface area contributed by atoms with Crippen molar-refractivity contribution in [2.45, 2.75) is 6.92 Å². The predicted octanol–water partition coefficient (Wildman–Crippen LogP) is 1.38. The van der Waals surface area contributed by atoms with Gasteiger partial charge in [-0.3, -0.25) is 4.79 Å². The van der Waals surface area contributed by atoms with Crippen LogP contribution in [0, 0.1) is 6.92 Å². The summed E-state index contributed by atoms with van der Waals surface area (Å²) in [7, 11) is 1.27. The summed E-state index contributed by atoms with van der Waals surface area (Å²) in [5.41, 5.74) is 4.34. The first-order valence-electron chi connectivity index (χ1n) is 9.42. The molecule has 3 heterocycles.